The molecule has 2 aliphatic rings. The Hall–Kier alpha value is -0.620. The van der Waals surface area contributed by atoms with Gasteiger partial charge in [0.2, 0.25) is 10.0 Å². The summed E-state index contributed by atoms with van der Waals surface area (Å²) in [5, 5.41) is 0. The Morgan fingerprint density at radius 3 is 2.12 bits per heavy atom. The smallest absolute Gasteiger partial charge is 0.309 e. The van der Waals surface area contributed by atoms with Gasteiger partial charge in [0.15, 0.2) is 0 Å². The number of hydrogen-bond acceptors (Lipinski definition) is 4. The van der Waals surface area contributed by atoms with Gasteiger partial charge in [-0.2, -0.15) is 0 Å². The van der Waals surface area contributed by atoms with Crippen molar-refractivity contribution in [1.82, 2.24) is 4.31 Å². The molecule has 1 heterocycles. The molecule has 2 fully saturated rings. The van der Waals surface area contributed by atoms with E-state index in [0.29, 0.717) is 43.7 Å². The molecule has 0 aromatic heterocycles. The maximum absolute atomic E-state index is 12.5. The van der Waals surface area contributed by atoms with Crippen molar-refractivity contribution in [1.29, 1.82) is 0 Å². The molecule has 0 unspecified atom stereocenters. The number of carbonyl (C=O) groups excluding carboxylic acids is 1. The summed E-state index contributed by atoms with van der Waals surface area (Å²) >= 11 is 0. The second-order valence-corrected chi connectivity index (χ2v) is 11.2. The lowest BCUT2D eigenvalue weighted by molar-refractivity contribution is -0.157. The van der Waals surface area contributed by atoms with Gasteiger partial charge in [0.1, 0.15) is 6.10 Å². The molecule has 6 heteroatoms. The van der Waals surface area contributed by atoms with Gasteiger partial charge < -0.3 is 4.74 Å². The number of sulfonamides is 1. The Labute approximate surface area is 159 Å². The first-order valence-corrected chi connectivity index (χ1v) is 11.9. The van der Waals surface area contributed by atoms with Crippen LogP contribution >= 0.6 is 0 Å². The van der Waals surface area contributed by atoms with Gasteiger partial charge in [-0.15, -0.1) is 0 Å². The third-order valence-electron chi connectivity index (χ3n) is 6.12. The first-order valence-electron chi connectivity index (χ1n) is 10.3. The van der Waals surface area contributed by atoms with Gasteiger partial charge in [-0.1, -0.05) is 34.1 Å². The van der Waals surface area contributed by atoms with Crippen molar-refractivity contribution in [2.24, 2.45) is 17.3 Å². The molecule has 0 spiro atoms. The van der Waals surface area contributed by atoms with Gasteiger partial charge in [-0.25, -0.2) is 12.7 Å². The highest BCUT2D eigenvalue weighted by atomic mass is 32.2. The zero-order valence-electron chi connectivity index (χ0n) is 17.0. The maximum Gasteiger partial charge on any atom is 0.309 e. The zero-order valence-corrected chi connectivity index (χ0v) is 17.8. The van der Waals surface area contributed by atoms with Crippen molar-refractivity contribution in [3.8, 4) is 0 Å². The second-order valence-electron chi connectivity index (χ2n) is 9.12. The number of unbranched alkanes of at least 4 members (excludes halogenated alkanes) is 1. The van der Waals surface area contributed by atoms with Gasteiger partial charge in [0, 0.05) is 13.1 Å². The number of piperidine rings is 1. The average Bonchev–Trinajstić information content (AvgIpc) is 2.60. The van der Waals surface area contributed by atoms with Gasteiger partial charge in [0.05, 0.1) is 11.7 Å². The molecule has 152 valence electrons. The predicted octanol–water partition coefficient (Wildman–Crippen LogP) is 3.98. The molecule has 0 atom stereocenters. The van der Waals surface area contributed by atoms with Gasteiger partial charge in [0.25, 0.3) is 0 Å². The molecule has 26 heavy (non-hydrogen) atoms. The molecular formula is C20H37NO4S. The lowest BCUT2D eigenvalue weighted by Crippen LogP contribution is -2.42. The molecule has 0 aromatic carbocycles. The lowest BCUT2D eigenvalue weighted by Gasteiger charge is -2.37. The van der Waals surface area contributed by atoms with Crippen LogP contribution in [0.4, 0.5) is 0 Å². The van der Waals surface area contributed by atoms with Crippen LogP contribution in [0.15, 0.2) is 0 Å². The van der Waals surface area contributed by atoms with Crippen molar-refractivity contribution in [3.05, 3.63) is 0 Å². The lowest BCUT2D eigenvalue weighted by atomic mass is 9.72. The minimum atomic E-state index is -3.16. The topological polar surface area (TPSA) is 63.7 Å². The van der Waals surface area contributed by atoms with E-state index >= 15 is 0 Å². The highest BCUT2D eigenvalue weighted by molar-refractivity contribution is 7.89. The van der Waals surface area contributed by atoms with Crippen LogP contribution < -0.4 is 0 Å². The van der Waals surface area contributed by atoms with E-state index in [0.717, 1.165) is 32.1 Å². The van der Waals surface area contributed by atoms with Crippen LogP contribution in [0.25, 0.3) is 0 Å². The molecule has 1 aliphatic carbocycles. The summed E-state index contributed by atoms with van der Waals surface area (Å²) in [5.41, 5.74) is 0.324. The Bertz CT molecular complexity index is 551. The number of nitrogens with zero attached hydrogens (tertiary/aromatic N) is 1. The molecule has 1 saturated carbocycles. The summed E-state index contributed by atoms with van der Waals surface area (Å²) in [4.78, 5) is 12.5. The van der Waals surface area contributed by atoms with Gasteiger partial charge in [-0.05, 0) is 56.3 Å². The van der Waals surface area contributed by atoms with E-state index in [-0.39, 0.29) is 23.7 Å². The minimum Gasteiger partial charge on any atom is -0.462 e. The molecule has 0 amide bonds. The fourth-order valence-electron chi connectivity index (χ4n) is 4.13. The van der Waals surface area contributed by atoms with Crippen molar-refractivity contribution >= 4 is 16.0 Å². The van der Waals surface area contributed by atoms with Gasteiger partial charge >= 0.3 is 5.97 Å². The van der Waals surface area contributed by atoms with Gasteiger partial charge in [-0.3, -0.25) is 4.79 Å². The van der Waals surface area contributed by atoms with Crippen LogP contribution in [0, 0.1) is 17.3 Å². The molecule has 5 nitrogen and oxygen atoms in total. The van der Waals surface area contributed by atoms with E-state index < -0.39 is 10.0 Å². The van der Waals surface area contributed by atoms with Crippen molar-refractivity contribution < 1.29 is 17.9 Å². The normalized spacial score (nSPS) is 26.6. The third-order valence-corrected chi connectivity index (χ3v) is 8.07. The van der Waals surface area contributed by atoms with E-state index in [2.05, 4.69) is 20.8 Å². The maximum atomic E-state index is 12.5. The van der Waals surface area contributed by atoms with Crippen molar-refractivity contribution in [3.63, 3.8) is 0 Å². The van der Waals surface area contributed by atoms with E-state index in [9.17, 15) is 13.2 Å². The monoisotopic (exact) mass is 387 g/mol. The Morgan fingerprint density at radius 1 is 1.04 bits per heavy atom. The molecular weight excluding hydrogens is 350 g/mol. The first-order chi connectivity index (χ1) is 12.1. The summed E-state index contributed by atoms with van der Waals surface area (Å²) in [5.74, 6) is 0.659. The summed E-state index contributed by atoms with van der Waals surface area (Å²) in [7, 11) is -3.16. The number of carbonyl (C=O) groups is 1. The average molecular weight is 388 g/mol. The highest BCUT2D eigenvalue weighted by Crippen LogP contribution is 2.38. The number of ether oxygens (including phenoxy) is 1. The molecule has 0 aromatic rings. The fraction of sp³-hybridized carbons (Fsp3) is 0.950. The van der Waals surface area contributed by atoms with Crippen LogP contribution in [-0.4, -0.2) is 43.6 Å². The Balaban J connectivity index is 1.75. The standard InChI is InChI=1S/C20H37NO4S/c1-5-6-15-26(23,24)21-13-11-16(12-14-21)19(22)25-18-9-7-17(8-10-18)20(2,3)4/h16-18H,5-15H2,1-4H3. The van der Waals surface area contributed by atoms with E-state index in [1.54, 1.807) is 4.31 Å². The first kappa shape index (κ1) is 21.7. The van der Waals surface area contributed by atoms with Crippen LogP contribution in [-0.2, 0) is 19.6 Å². The van der Waals surface area contributed by atoms with E-state index in [4.69, 9.17) is 4.74 Å². The van der Waals surface area contributed by atoms with Crippen LogP contribution in [0.5, 0.6) is 0 Å². The Morgan fingerprint density at radius 2 is 1.62 bits per heavy atom. The Kier molecular flexibility index (Phi) is 7.54. The summed E-state index contributed by atoms with van der Waals surface area (Å²) in [6, 6.07) is 0. The largest absolute Gasteiger partial charge is 0.462 e. The second kappa shape index (κ2) is 9.05. The van der Waals surface area contributed by atoms with E-state index in [1.807, 2.05) is 6.92 Å². The number of rotatable bonds is 6. The summed E-state index contributed by atoms with van der Waals surface area (Å²) in [6.07, 6.45) is 6.94. The molecule has 0 bridgehead atoms. The number of hydrogen-bond donors (Lipinski definition) is 0. The SMILES string of the molecule is CCCCS(=O)(=O)N1CCC(C(=O)OC2CCC(C(C)(C)C)CC2)CC1. The van der Waals surface area contributed by atoms with Crippen molar-refractivity contribution in [2.75, 3.05) is 18.8 Å². The molecule has 1 saturated heterocycles. The molecule has 0 radical (unpaired) electrons. The van der Waals surface area contributed by atoms with Crippen LogP contribution in [0.3, 0.4) is 0 Å². The summed E-state index contributed by atoms with van der Waals surface area (Å²) < 4.78 is 31.8. The van der Waals surface area contributed by atoms with Crippen LogP contribution in [0.1, 0.15) is 79.1 Å². The third kappa shape index (κ3) is 5.95. The molecule has 1 aliphatic heterocycles. The predicted molar refractivity (Wildman–Crippen MR) is 104 cm³/mol. The molecule has 0 N–H and O–H groups in total. The van der Waals surface area contributed by atoms with Crippen molar-refractivity contribution in [2.45, 2.75) is 85.2 Å². The summed E-state index contributed by atoms with van der Waals surface area (Å²) in [6.45, 7) is 9.74. The molecule has 2 rings (SSSR count). The number of esters is 1. The quantitative estimate of drug-likeness (QED) is 0.647. The minimum absolute atomic E-state index is 0.0485. The zero-order chi connectivity index (χ0) is 19.4. The van der Waals surface area contributed by atoms with E-state index in [1.165, 1.54) is 0 Å². The fourth-order valence-corrected chi connectivity index (χ4v) is 5.81. The highest BCUT2D eigenvalue weighted by Gasteiger charge is 2.35. The van der Waals surface area contributed by atoms with Crippen LogP contribution in [0.2, 0.25) is 0 Å².